The van der Waals surface area contributed by atoms with Crippen molar-refractivity contribution in [3.8, 4) is 26.6 Å². The Kier molecular flexibility index (Phi) is 5.20. The van der Waals surface area contributed by atoms with Gasteiger partial charge in [-0.15, -0.1) is 22.7 Å². The van der Waals surface area contributed by atoms with Crippen molar-refractivity contribution in [2.24, 2.45) is 0 Å². The molecule has 2 aromatic carbocycles. The standard InChI is InChI=1S/C21H14N2O4S2/c1-12-15(20(24)25)5-6-16(19(12)18-9-23-11-29-18)27-21(26)14-4-2-3-13(7-14)17-8-22-10-28-17/h2-11H,1H3,(H,24,25). The Labute approximate surface area is 174 Å². The van der Waals surface area contributed by atoms with Crippen molar-refractivity contribution in [3.05, 3.63) is 76.5 Å². The van der Waals surface area contributed by atoms with E-state index in [4.69, 9.17) is 4.74 Å². The van der Waals surface area contributed by atoms with Crippen LogP contribution in [0.1, 0.15) is 26.3 Å². The summed E-state index contributed by atoms with van der Waals surface area (Å²) in [5.41, 5.74) is 5.87. The highest BCUT2D eigenvalue weighted by Crippen LogP contribution is 2.37. The molecular weight excluding hydrogens is 408 g/mol. The van der Waals surface area contributed by atoms with Crippen molar-refractivity contribution in [3.63, 3.8) is 0 Å². The van der Waals surface area contributed by atoms with Gasteiger partial charge in [0.15, 0.2) is 0 Å². The number of thiazole rings is 2. The van der Waals surface area contributed by atoms with Gasteiger partial charge in [0, 0.05) is 18.0 Å². The third kappa shape index (κ3) is 3.80. The van der Waals surface area contributed by atoms with Gasteiger partial charge in [-0.1, -0.05) is 12.1 Å². The van der Waals surface area contributed by atoms with Gasteiger partial charge in [-0.3, -0.25) is 9.97 Å². The lowest BCUT2D eigenvalue weighted by Crippen LogP contribution is -2.10. The van der Waals surface area contributed by atoms with Crippen molar-refractivity contribution >= 4 is 34.6 Å². The Balaban J connectivity index is 1.71. The molecule has 0 unspecified atom stereocenters. The van der Waals surface area contributed by atoms with Crippen LogP contribution in [0, 0.1) is 6.92 Å². The van der Waals surface area contributed by atoms with E-state index in [-0.39, 0.29) is 5.56 Å². The summed E-state index contributed by atoms with van der Waals surface area (Å²) >= 11 is 2.83. The summed E-state index contributed by atoms with van der Waals surface area (Å²) in [6.45, 7) is 1.69. The van der Waals surface area contributed by atoms with E-state index in [0.29, 0.717) is 22.4 Å². The smallest absolute Gasteiger partial charge is 0.343 e. The molecule has 144 valence electrons. The highest BCUT2D eigenvalue weighted by atomic mass is 32.1. The number of aromatic nitrogens is 2. The topological polar surface area (TPSA) is 89.4 Å². The number of carboxylic acid groups (broad SMARTS) is 1. The maximum absolute atomic E-state index is 12.8. The molecule has 29 heavy (non-hydrogen) atoms. The van der Waals surface area contributed by atoms with E-state index >= 15 is 0 Å². The SMILES string of the molecule is Cc1c(C(=O)O)ccc(OC(=O)c2cccc(-c3cncs3)c2)c1-c1cncs1. The van der Waals surface area contributed by atoms with Crippen molar-refractivity contribution in [1.29, 1.82) is 0 Å². The average molecular weight is 422 g/mol. The van der Waals surface area contributed by atoms with Crippen LogP contribution >= 0.6 is 22.7 Å². The van der Waals surface area contributed by atoms with Crippen LogP contribution in [0.3, 0.4) is 0 Å². The maximum atomic E-state index is 12.8. The molecule has 0 atom stereocenters. The van der Waals surface area contributed by atoms with Crippen LogP contribution in [0.25, 0.3) is 20.9 Å². The lowest BCUT2D eigenvalue weighted by atomic mass is 10.0. The summed E-state index contributed by atoms with van der Waals surface area (Å²) in [6.07, 6.45) is 3.37. The number of aromatic carboxylic acids is 1. The van der Waals surface area contributed by atoms with Crippen LogP contribution in [-0.2, 0) is 0 Å². The van der Waals surface area contributed by atoms with Crippen LogP contribution in [0.5, 0.6) is 5.75 Å². The molecular formula is C21H14N2O4S2. The molecule has 2 aromatic heterocycles. The first-order chi connectivity index (χ1) is 14.0. The minimum atomic E-state index is -1.04. The predicted octanol–water partition coefficient (Wildman–Crippen LogP) is 5.16. The maximum Gasteiger partial charge on any atom is 0.343 e. The Morgan fingerprint density at radius 1 is 1.00 bits per heavy atom. The monoisotopic (exact) mass is 422 g/mol. The number of hydrogen-bond acceptors (Lipinski definition) is 7. The molecule has 0 amide bonds. The first kappa shape index (κ1) is 19.0. The van der Waals surface area contributed by atoms with Gasteiger partial charge in [-0.05, 0) is 42.3 Å². The van der Waals surface area contributed by atoms with E-state index in [9.17, 15) is 14.7 Å². The zero-order valence-corrected chi connectivity index (χ0v) is 16.8. The van der Waals surface area contributed by atoms with Gasteiger partial charge in [0.25, 0.3) is 0 Å². The molecule has 6 nitrogen and oxygen atoms in total. The molecule has 4 rings (SSSR count). The summed E-state index contributed by atoms with van der Waals surface area (Å²) in [6, 6.07) is 10.1. The second-order valence-electron chi connectivity index (χ2n) is 6.12. The van der Waals surface area contributed by atoms with Crippen molar-refractivity contribution in [2.75, 3.05) is 0 Å². The minimum Gasteiger partial charge on any atom is -0.478 e. The third-order valence-electron chi connectivity index (χ3n) is 4.35. The van der Waals surface area contributed by atoms with Crippen molar-refractivity contribution in [1.82, 2.24) is 9.97 Å². The number of nitrogens with zero attached hydrogens (tertiary/aromatic N) is 2. The van der Waals surface area contributed by atoms with E-state index in [0.717, 1.165) is 15.3 Å². The summed E-state index contributed by atoms with van der Waals surface area (Å²) < 4.78 is 5.68. The fourth-order valence-corrected chi connectivity index (χ4v) is 4.31. The first-order valence-electron chi connectivity index (χ1n) is 8.51. The molecule has 0 saturated carbocycles. The molecule has 2 heterocycles. The molecule has 0 spiro atoms. The third-order valence-corrected chi connectivity index (χ3v) is 5.97. The second kappa shape index (κ2) is 7.94. The lowest BCUT2D eigenvalue weighted by molar-refractivity contribution is 0.0695. The molecule has 0 bridgehead atoms. The van der Waals surface area contributed by atoms with E-state index in [1.54, 1.807) is 48.5 Å². The molecule has 0 saturated heterocycles. The van der Waals surface area contributed by atoms with Crippen LogP contribution < -0.4 is 4.74 Å². The van der Waals surface area contributed by atoms with E-state index in [1.807, 2.05) is 6.07 Å². The quantitative estimate of drug-likeness (QED) is 0.353. The number of benzene rings is 2. The van der Waals surface area contributed by atoms with Crippen LogP contribution in [0.4, 0.5) is 0 Å². The molecule has 0 aliphatic carbocycles. The summed E-state index contributed by atoms with van der Waals surface area (Å²) in [5, 5.41) is 9.44. The Morgan fingerprint density at radius 2 is 1.72 bits per heavy atom. The van der Waals surface area contributed by atoms with Crippen LogP contribution in [0.15, 0.2) is 59.8 Å². The highest BCUT2D eigenvalue weighted by Gasteiger charge is 2.20. The number of ether oxygens (including phenoxy) is 1. The van der Waals surface area contributed by atoms with Crippen molar-refractivity contribution < 1.29 is 19.4 Å². The van der Waals surface area contributed by atoms with E-state index in [1.165, 1.54) is 34.8 Å². The molecule has 1 N–H and O–H groups in total. The number of hydrogen-bond donors (Lipinski definition) is 1. The van der Waals surface area contributed by atoms with Gasteiger partial charge >= 0.3 is 11.9 Å². The number of esters is 1. The van der Waals surface area contributed by atoms with Crippen molar-refractivity contribution in [2.45, 2.75) is 6.92 Å². The van der Waals surface area contributed by atoms with Gasteiger partial charge in [0.2, 0.25) is 0 Å². The molecule has 0 aliphatic rings. The highest BCUT2D eigenvalue weighted by molar-refractivity contribution is 7.13. The minimum absolute atomic E-state index is 0.153. The van der Waals surface area contributed by atoms with E-state index < -0.39 is 11.9 Å². The number of carboxylic acids is 1. The zero-order chi connectivity index (χ0) is 20.4. The molecule has 0 fully saturated rings. The first-order valence-corrected chi connectivity index (χ1v) is 10.3. The fourth-order valence-electron chi connectivity index (χ4n) is 2.97. The lowest BCUT2D eigenvalue weighted by Gasteiger charge is -2.14. The fraction of sp³-hybridized carbons (Fsp3) is 0.0476. The molecule has 4 aromatic rings. The number of carbonyl (C=O) groups is 2. The van der Waals surface area contributed by atoms with Gasteiger partial charge < -0.3 is 9.84 Å². The zero-order valence-electron chi connectivity index (χ0n) is 15.2. The second-order valence-corrected chi connectivity index (χ2v) is 7.89. The summed E-state index contributed by atoms with van der Waals surface area (Å²) in [7, 11) is 0. The van der Waals surface area contributed by atoms with Gasteiger partial charge in [-0.25, -0.2) is 9.59 Å². The largest absolute Gasteiger partial charge is 0.478 e. The molecule has 8 heteroatoms. The van der Waals surface area contributed by atoms with Gasteiger partial charge in [0.1, 0.15) is 5.75 Å². The Hall–Kier alpha value is -3.36. The molecule has 0 radical (unpaired) electrons. The Bertz CT molecular complexity index is 1190. The van der Waals surface area contributed by atoms with E-state index in [2.05, 4.69) is 9.97 Å². The summed E-state index contributed by atoms with van der Waals surface area (Å²) in [5.74, 6) is -1.27. The van der Waals surface area contributed by atoms with Gasteiger partial charge in [-0.2, -0.15) is 0 Å². The predicted molar refractivity (Wildman–Crippen MR) is 112 cm³/mol. The van der Waals surface area contributed by atoms with Crippen LogP contribution in [0.2, 0.25) is 0 Å². The Morgan fingerprint density at radius 3 is 2.38 bits per heavy atom. The summed E-state index contributed by atoms with van der Waals surface area (Å²) in [4.78, 5) is 34.1. The normalized spacial score (nSPS) is 10.7. The molecule has 0 aliphatic heterocycles. The average Bonchev–Trinajstić information content (AvgIpc) is 3.42. The van der Waals surface area contributed by atoms with Gasteiger partial charge in [0.05, 0.1) is 31.9 Å². The van der Waals surface area contributed by atoms with Crippen LogP contribution in [-0.4, -0.2) is 27.0 Å². The number of rotatable bonds is 5. The number of carbonyl (C=O) groups excluding carboxylic acids is 1.